The minimum Gasteiger partial charge on any atom is -0.384 e. The molecule has 1 aliphatic rings. The number of rotatable bonds is 7. The summed E-state index contributed by atoms with van der Waals surface area (Å²) in [7, 11) is 1.71. The van der Waals surface area contributed by atoms with Crippen molar-refractivity contribution in [2.75, 3.05) is 13.7 Å². The molecule has 0 radical (unpaired) electrons. The summed E-state index contributed by atoms with van der Waals surface area (Å²) in [5.41, 5.74) is 3.57. The Morgan fingerprint density at radius 1 is 1.19 bits per heavy atom. The molecule has 2 atom stereocenters. The summed E-state index contributed by atoms with van der Waals surface area (Å²) < 4.78 is 12.6. The number of methoxy groups -OCH3 is 1. The summed E-state index contributed by atoms with van der Waals surface area (Å²) in [6.45, 7) is 7.29. The van der Waals surface area contributed by atoms with Crippen molar-refractivity contribution in [3.05, 3.63) is 45.9 Å². The lowest BCUT2D eigenvalue weighted by Crippen LogP contribution is -2.24. The van der Waals surface area contributed by atoms with Gasteiger partial charge in [0, 0.05) is 37.0 Å². The van der Waals surface area contributed by atoms with Gasteiger partial charge in [-0.15, -0.1) is 0 Å². The van der Waals surface area contributed by atoms with Gasteiger partial charge in [0.15, 0.2) is 0 Å². The first-order chi connectivity index (χ1) is 17.4. The zero-order valence-corrected chi connectivity index (χ0v) is 21.7. The molecule has 36 heavy (non-hydrogen) atoms. The number of H-pyrrole nitrogens is 1. The molecular formula is C26H31ClN6O3. The number of pyridine rings is 2. The van der Waals surface area contributed by atoms with Gasteiger partial charge in [0.1, 0.15) is 11.5 Å². The maximum absolute atomic E-state index is 11.7. The topological polar surface area (TPSA) is 112 Å². The summed E-state index contributed by atoms with van der Waals surface area (Å²) in [5, 5.41) is 4.36. The molecule has 190 valence electrons. The smallest absolute Gasteiger partial charge is 0.384 e. The van der Waals surface area contributed by atoms with Crippen LogP contribution >= 0.6 is 11.6 Å². The Balaban J connectivity index is 1.77. The van der Waals surface area contributed by atoms with Crippen LogP contribution in [0, 0.1) is 11.8 Å². The Morgan fingerprint density at radius 3 is 2.64 bits per heavy atom. The molecule has 0 aliphatic heterocycles. The molecular weight excluding hydrogens is 480 g/mol. The van der Waals surface area contributed by atoms with Crippen molar-refractivity contribution in [1.29, 1.82) is 0 Å². The highest BCUT2D eigenvalue weighted by atomic mass is 35.5. The fourth-order valence-electron chi connectivity index (χ4n) is 5.41. The molecule has 1 saturated carbocycles. The summed E-state index contributed by atoms with van der Waals surface area (Å²) >= 11 is 6.34. The van der Waals surface area contributed by atoms with Crippen molar-refractivity contribution in [2.24, 2.45) is 11.8 Å². The highest BCUT2D eigenvalue weighted by Crippen LogP contribution is 2.41. The van der Waals surface area contributed by atoms with E-state index in [0.717, 1.165) is 28.3 Å². The Labute approximate surface area is 214 Å². The van der Waals surface area contributed by atoms with Crippen molar-refractivity contribution in [2.45, 2.75) is 58.4 Å². The molecule has 9 nitrogen and oxygen atoms in total. The Kier molecular flexibility index (Phi) is 6.94. The Hall–Kier alpha value is -3.04. The highest BCUT2D eigenvalue weighted by Gasteiger charge is 2.30. The van der Waals surface area contributed by atoms with E-state index in [-0.39, 0.29) is 17.8 Å². The van der Waals surface area contributed by atoms with E-state index in [4.69, 9.17) is 30.8 Å². The number of fused-ring (bicyclic) bond motifs is 1. The van der Waals surface area contributed by atoms with E-state index in [1.165, 1.54) is 25.7 Å². The average molecular weight is 511 g/mol. The summed E-state index contributed by atoms with van der Waals surface area (Å²) in [4.78, 5) is 28.6. The molecule has 0 bridgehead atoms. The molecule has 0 aromatic carbocycles. The van der Waals surface area contributed by atoms with Gasteiger partial charge in [0.05, 0.1) is 28.4 Å². The van der Waals surface area contributed by atoms with Gasteiger partial charge in [0.25, 0.3) is 0 Å². The average Bonchev–Trinajstić information content (AvgIpc) is 3.47. The van der Waals surface area contributed by atoms with E-state index in [0.29, 0.717) is 28.9 Å². The predicted molar refractivity (Wildman–Crippen MR) is 138 cm³/mol. The second-order valence-corrected chi connectivity index (χ2v) is 10.5. The lowest BCUT2D eigenvalue weighted by Gasteiger charge is -2.33. The van der Waals surface area contributed by atoms with Crippen LogP contribution in [0.3, 0.4) is 0 Å². The second-order valence-electron chi connectivity index (χ2n) is 10.0. The fourth-order valence-corrected chi connectivity index (χ4v) is 5.58. The van der Waals surface area contributed by atoms with Crippen LogP contribution in [0.2, 0.25) is 5.02 Å². The number of imidazole rings is 1. The number of nitrogens with one attached hydrogen (secondary N) is 1. The zero-order valence-electron chi connectivity index (χ0n) is 21.0. The molecule has 5 rings (SSSR count). The molecule has 0 amide bonds. The molecule has 4 aromatic rings. The zero-order chi connectivity index (χ0) is 25.4. The number of aromatic nitrogens is 6. The lowest BCUT2D eigenvalue weighted by atomic mass is 9.79. The third-order valence-corrected chi connectivity index (χ3v) is 7.57. The standard InChI is InChI=1S/C26H31ClN6O3/c1-14-5-7-17(8-6-14)16(3)33-23-20(30-25(33)15(2)13-35-4)10-21(24-31-26(34)36-32-24)29-22(23)18-9-19(27)12-28-11-18/h9-12,14-17H,5-8,13H2,1-4H3,(H,31,32,34)/t14?,15-,16-,17?/m1/s1. The number of nitrogens with zero attached hydrogens (tertiary/aromatic N) is 5. The van der Waals surface area contributed by atoms with Crippen LogP contribution in [0.5, 0.6) is 0 Å². The van der Waals surface area contributed by atoms with Crippen molar-refractivity contribution in [3.63, 3.8) is 0 Å². The van der Waals surface area contributed by atoms with Crippen molar-refractivity contribution < 1.29 is 9.26 Å². The van der Waals surface area contributed by atoms with Gasteiger partial charge in [-0.2, -0.15) is 0 Å². The van der Waals surface area contributed by atoms with Crippen molar-refractivity contribution >= 4 is 22.6 Å². The highest BCUT2D eigenvalue weighted by molar-refractivity contribution is 6.30. The van der Waals surface area contributed by atoms with E-state index < -0.39 is 5.76 Å². The molecule has 4 aromatic heterocycles. The van der Waals surface area contributed by atoms with Gasteiger partial charge in [-0.25, -0.2) is 14.8 Å². The molecule has 10 heteroatoms. The molecule has 4 heterocycles. The first-order valence-corrected chi connectivity index (χ1v) is 12.8. The molecule has 1 N–H and O–H groups in total. The second kappa shape index (κ2) is 10.1. The molecule has 0 spiro atoms. The quantitative estimate of drug-likeness (QED) is 0.343. The fraction of sp³-hybridized carbons (Fsp3) is 0.500. The number of halogens is 1. The minimum absolute atomic E-state index is 0.0630. The van der Waals surface area contributed by atoms with Gasteiger partial charge in [-0.05, 0) is 43.7 Å². The first kappa shape index (κ1) is 24.6. The van der Waals surface area contributed by atoms with E-state index >= 15 is 0 Å². The maximum Gasteiger partial charge on any atom is 0.439 e. The molecule has 1 aliphatic carbocycles. The SMILES string of the molecule is COC[C@@H](C)c1nc2cc(-c3noc(=O)[nH]3)nc(-c3cncc(Cl)c3)c2n1[C@H](C)C1CCC(C)CC1. The number of hydrogen-bond acceptors (Lipinski definition) is 7. The molecule has 1 fully saturated rings. The van der Waals surface area contributed by atoms with Crippen LogP contribution in [0.1, 0.15) is 64.2 Å². The van der Waals surface area contributed by atoms with Crippen LogP contribution in [0.25, 0.3) is 33.8 Å². The van der Waals surface area contributed by atoms with Crippen molar-refractivity contribution in [3.8, 4) is 22.8 Å². The number of aromatic amines is 1. The predicted octanol–water partition coefficient (Wildman–Crippen LogP) is 5.63. The summed E-state index contributed by atoms with van der Waals surface area (Å²) in [5.74, 6) is 1.91. The monoisotopic (exact) mass is 510 g/mol. The third kappa shape index (κ3) is 4.69. The van der Waals surface area contributed by atoms with Crippen LogP contribution in [0.15, 0.2) is 33.8 Å². The van der Waals surface area contributed by atoms with Gasteiger partial charge in [0.2, 0.25) is 5.82 Å². The molecule has 0 unspecified atom stereocenters. The normalized spacial score (nSPS) is 20.0. The minimum atomic E-state index is -0.641. The van der Waals surface area contributed by atoms with Gasteiger partial charge in [-0.1, -0.05) is 43.4 Å². The van der Waals surface area contributed by atoms with Crippen LogP contribution in [-0.4, -0.2) is 43.4 Å². The van der Waals surface area contributed by atoms with Crippen LogP contribution in [0.4, 0.5) is 0 Å². The Morgan fingerprint density at radius 2 is 1.97 bits per heavy atom. The van der Waals surface area contributed by atoms with E-state index in [1.54, 1.807) is 19.5 Å². The van der Waals surface area contributed by atoms with Gasteiger partial charge >= 0.3 is 5.76 Å². The number of ether oxygens (including phenoxy) is 1. The van der Waals surface area contributed by atoms with Crippen molar-refractivity contribution in [1.82, 2.24) is 29.7 Å². The van der Waals surface area contributed by atoms with E-state index in [1.807, 2.05) is 12.1 Å². The van der Waals surface area contributed by atoms with E-state index in [9.17, 15) is 4.79 Å². The largest absolute Gasteiger partial charge is 0.439 e. The maximum atomic E-state index is 11.7. The summed E-state index contributed by atoms with van der Waals surface area (Å²) in [6.07, 6.45) is 8.16. The van der Waals surface area contributed by atoms with Gasteiger partial charge < -0.3 is 9.30 Å². The Bertz CT molecular complexity index is 1420. The van der Waals surface area contributed by atoms with Gasteiger partial charge in [-0.3, -0.25) is 14.5 Å². The van der Waals surface area contributed by atoms with Crippen LogP contribution < -0.4 is 5.76 Å². The first-order valence-electron chi connectivity index (χ1n) is 12.4. The third-order valence-electron chi connectivity index (χ3n) is 7.36. The van der Waals surface area contributed by atoms with Crippen LogP contribution in [-0.2, 0) is 4.74 Å². The lowest BCUT2D eigenvalue weighted by molar-refractivity contribution is 0.176. The molecule has 0 saturated heterocycles. The number of hydrogen-bond donors (Lipinski definition) is 1. The van der Waals surface area contributed by atoms with E-state index in [2.05, 4.69) is 40.5 Å². The summed E-state index contributed by atoms with van der Waals surface area (Å²) in [6, 6.07) is 3.90.